The Morgan fingerprint density at radius 3 is 3.14 bits per heavy atom. The van der Waals surface area contributed by atoms with Crippen molar-refractivity contribution < 1.29 is 9.47 Å². The molecule has 0 aromatic carbocycles. The van der Waals surface area contributed by atoms with E-state index in [0.29, 0.717) is 12.6 Å². The zero-order valence-electron chi connectivity index (χ0n) is 12.7. The number of piperidine rings is 1. The summed E-state index contributed by atoms with van der Waals surface area (Å²) in [6, 6.07) is 4.57. The number of thiophene rings is 1. The van der Waals surface area contributed by atoms with Crippen LogP contribution in [0.2, 0.25) is 0 Å². The molecule has 0 spiro atoms. The highest BCUT2D eigenvalue weighted by Crippen LogP contribution is 2.40. The number of epoxide rings is 1. The molecule has 4 heterocycles. The predicted octanol–water partition coefficient (Wildman–Crippen LogP) is 0.341. The highest BCUT2D eigenvalue weighted by molar-refractivity contribution is 7.09. The highest BCUT2D eigenvalue weighted by Gasteiger charge is 2.57. The van der Waals surface area contributed by atoms with Crippen LogP contribution in [0.25, 0.3) is 0 Å². The fourth-order valence-corrected chi connectivity index (χ4v) is 4.38. The first kappa shape index (κ1) is 15.0. The molecule has 7 heteroatoms. The van der Waals surface area contributed by atoms with Crippen molar-refractivity contribution in [3.63, 3.8) is 0 Å². The standard InChI is InChI=1S/C15H24N4O2S/c16-15(5-3-11-2-1-9-22-11)14(21-15)18-6-4-12-13(10-18)20-8-7-19(12)17/h1-2,9,12-14H,3-8,10,16-17H2. The van der Waals surface area contributed by atoms with E-state index in [2.05, 4.69) is 22.4 Å². The van der Waals surface area contributed by atoms with E-state index in [-0.39, 0.29) is 12.3 Å². The van der Waals surface area contributed by atoms with E-state index < -0.39 is 5.72 Å². The van der Waals surface area contributed by atoms with Gasteiger partial charge in [-0.15, -0.1) is 11.3 Å². The molecule has 0 bridgehead atoms. The van der Waals surface area contributed by atoms with Gasteiger partial charge in [0.15, 0.2) is 12.0 Å². The molecule has 4 N–H and O–H groups in total. The quantitative estimate of drug-likeness (QED) is 0.614. The van der Waals surface area contributed by atoms with E-state index in [9.17, 15) is 0 Å². The lowest BCUT2D eigenvalue weighted by atomic mass is 9.99. The van der Waals surface area contributed by atoms with Gasteiger partial charge in [-0.05, 0) is 30.7 Å². The number of hydrogen-bond acceptors (Lipinski definition) is 7. The van der Waals surface area contributed by atoms with Gasteiger partial charge in [0.1, 0.15) is 0 Å². The monoisotopic (exact) mass is 324 g/mol. The van der Waals surface area contributed by atoms with Crippen LogP contribution in [-0.2, 0) is 15.9 Å². The van der Waals surface area contributed by atoms with Gasteiger partial charge in [0.25, 0.3) is 0 Å². The summed E-state index contributed by atoms with van der Waals surface area (Å²) >= 11 is 1.78. The van der Waals surface area contributed by atoms with Crippen LogP contribution in [0.15, 0.2) is 17.5 Å². The van der Waals surface area contributed by atoms with Crippen LogP contribution >= 0.6 is 11.3 Å². The van der Waals surface area contributed by atoms with Crippen LogP contribution in [0.4, 0.5) is 0 Å². The maximum absolute atomic E-state index is 6.40. The molecule has 1 aromatic heterocycles. The number of nitrogens with two attached hydrogens (primary N) is 2. The minimum absolute atomic E-state index is 0.0326. The molecule has 22 heavy (non-hydrogen) atoms. The average Bonchev–Trinajstić information content (AvgIpc) is 2.96. The van der Waals surface area contributed by atoms with Crippen LogP contribution in [0.5, 0.6) is 0 Å². The summed E-state index contributed by atoms with van der Waals surface area (Å²) in [6.07, 6.45) is 3.08. The Labute approximate surface area is 134 Å². The lowest BCUT2D eigenvalue weighted by molar-refractivity contribution is -0.111. The molecule has 3 saturated heterocycles. The summed E-state index contributed by atoms with van der Waals surface area (Å²) in [5.74, 6) is 6.06. The molecule has 1 aromatic rings. The normalized spacial score (nSPS) is 39.6. The van der Waals surface area contributed by atoms with Crippen LogP contribution < -0.4 is 11.6 Å². The number of hydrogen-bond donors (Lipinski definition) is 2. The van der Waals surface area contributed by atoms with Crippen molar-refractivity contribution in [3.05, 3.63) is 22.4 Å². The van der Waals surface area contributed by atoms with E-state index >= 15 is 0 Å². The van der Waals surface area contributed by atoms with Crippen molar-refractivity contribution in [2.24, 2.45) is 11.6 Å². The van der Waals surface area contributed by atoms with Crippen LogP contribution in [0.3, 0.4) is 0 Å². The molecule has 3 aliphatic heterocycles. The second-order valence-electron chi connectivity index (χ2n) is 6.50. The molecule has 0 radical (unpaired) electrons. The lowest BCUT2D eigenvalue weighted by Crippen LogP contribution is -2.62. The number of aryl methyl sites for hydroxylation is 1. The number of morpholine rings is 1. The second kappa shape index (κ2) is 5.83. The number of likely N-dealkylation sites (tertiary alicyclic amines) is 1. The zero-order chi connectivity index (χ0) is 15.2. The summed E-state index contributed by atoms with van der Waals surface area (Å²) in [5, 5.41) is 4.04. The number of rotatable bonds is 4. The first-order valence-corrected chi connectivity index (χ1v) is 8.90. The van der Waals surface area contributed by atoms with Crippen molar-refractivity contribution in [2.75, 3.05) is 26.2 Å². The summed E-state index contributed by atoms with van der Waals surface area (Å²) in [4.78, 5) is 3.70. The molecule has 4 rings (SSSR count). The Morgan fingerprint density at radius 1 is 1.41 bits per heavy atom. The molecule has 0 saturated carbocycles. The fraction of sp³-hybridized carbons (Fsp3) is 0.733. The molecule has 6 nitrogen and oxygen atoms in total. The number of hydrazine groups is 1. The predicted molar refractivity (Wildman–Crippen MR) is 85.0 cm³/mol. The summed E-state index contributed by atoms with van der Waals surface area (Å²) in [6.45, 7) is 3.37. The first-order chi connectivity index (χ1) is 10.7. The van der Waals surface area contributed by atoms with Gasteiger partial charge in [-0.25, -0.2) is 5.01 Å². The van der Waals surface area contributed by atoms with Gasteiger partial charge >= 0.3 is 0 Å². The summed E-state index contributed by atoms with van der Waals surface area (Å²) in [5.41, 5.74) is 5.91. The minimum atomic E-state index is -0.492. The van der Waals surface area contributed by atoms with E-state index in [1.807, 2.05) is 5.01 Å². The van der Waals surface area contributed by atoms with E-state index in [4.69, 9.17) is 21.1 Å². The molecular formula is C15H24N4O2S. The fourth-order valence-electron chi connectivity index (χ4n) is 3.67. The van der Waals surface area contributed by atoms with E-state index in [1.165, 1.54) is 4.88 Å². The Balaban J connectivity index is 1.32. The van der Waals surface area contributed by atoms with Crippen molar-refractivity contribution in [1.29, 1.82) is 0 Å². The Morgan fingerprint density at radius 2 is 2.32 bits per heavy atom. The number of nitrogens with zero attached hydrogens (tertiary/aromatic N) is 2. The van der Waals surface area contributed by atoms with Gasteiger partial charge in [0, 0.05) is 24.5 Å². The van der Waals surface area contributed by atoms with Crippen molar-refractivity contribution in [3.8, 4) is 0 Å². The largest absolute Gasteiger partial charge is 0.374 e. The maximum Gasteiger partial charge on any atom is 0.159 e. The third-order valence-electron chi connectivity index (χ3n) is 5.03. The van der Waals surface area contributed by atoms with E-state index in [0.717, 1.165) is 38.9 Å². The molecule has 4 atom stereocenters. The zero-order valence-corrected chi connectivity index (χ0v) is 13.5. The van der Waals surface area contributed by atoms with Crippen LogP contribution in [0.1, 0.15) is 17.7 Å². The Kier molecular flexibility index (Phi) is 3.98. The molecule has 4 unspecified atom stereocenters. The van der Waals surface area contributed by atoms with Gasteiger partial charge in [-0.2, -0.15) is 0 Å². The Bertz CT molecular complexity index is 514. The lowest BCUT2D eigenvalue weighted by Gasteiger charge is -2.44. The van der Waals surface area contributed by atoms with Crippen molar-refractivity contribution >= 4 is 11.3 Å². The molecule has 3 aliphatic rings. The number of ether oxygens (including phenoxy) is 2. The third kappa shape index (κ3) is 2.82. The van der Waals surface area contributed by atoms with Crippen LogP contribution in [0, 0.1) is 0 Å². The second-order valence-corrected chi connectivity index (χ2v) is 7.53. The molecule has 3 fully saturated rings. The highest BCUT2D eigenvalue weighted by atomic mass is 32.1. The SMILES string of the molecule is NN1CCOC2CN(C3OC3(N)CCc3cccs3)CCC21. The van der Waals surface area contributed by atoms with Gasteiger partial charge < -0.3 is 15.2 Å². The molecule has 0 aliphatic carbocycles. The maximum atomic E-state index is 6.40. The number of fused-ring (bicyclic) bond motifs is 1. The first-order valence-electron chi connectivity index (χ1n) is 8.02. The minimum Gasteiger partial charge on any atom is -0.374 e. The summed E-state index contributed by atoms with van der Waals surface area (Å²) < 4.78 is 11.7. The van der Waals surface area contributed by atoms with Gasteiger partial charge in [-0.3, -0.25) is 10.7 Å². The van der Waals surface area contributed by atoms with Crippen LogP contribution in [-0.4, -0.2) is 60.2 Å². The molecule has 122 valence electrons. The topological polar surface area (TPSA) is 80.3 Å². The van der Waals surface area contributed by atoms with Gasteiger partial charge in [0.2, 0.25) is 0 Å². The van der Waals surface area contributed by atoms with Crippen molar-refractivity contribution in [1.82, 2.24) is 9.91 Å². The third-order valence-corrected chi connectivity index (χ3v) is 5.96. The van der Waals surface area contributed by atoms with E-state index in [1.54, 1.807) is 11.3 Å². The van der Waals surface area contributed by atoms with Gasteiger partial charge in [-0.1, -0.05) is 6.07 Å². The van der Waals surface area contributed by atoms with Gasteiger partial charge in [0.05, 0.1) is 18.8 Å². The molecule has 0 amide bonds. The molecular weight excluding hydrogens is 300 g/mol. The average molecular weight is 324 g/mol. The van der Waals surface area contributed by atoms with Crippen molar-refractivity contribution in [2.45, 2.75) is 43.4 Å². The Hall–Kier alpha value is -0.540. The summed E-state index contributed by atoms with van der Waals surface area (Å²) in [7, 11) is 0. The smallest absolute Gasteiger partial charge is 0.159 e.